The molecule has 0 fully saturated rings. The van der Waals surface area contributed by atoms with Gasteiger partial charge in [0.05, 0.1) is 12.7 Å². The number of Topliss-reactive ketones (excluding diaryl/α,β-unsaturated/α-hetero) is 1. The molecule has 0 amide bonds. The number of ketones is 1. The first kappa shape index (κ1) is 19.5. The van der Waals surface area contributed by atoms with Gasteiger partial charge in [-0.1, -0.05) is 60.7 Å². The van der Waals surface area contributed by atoms with Crippen LogP contribution in [-0.4, -0.2) is 32.1 Å². The second-order valence-corrected chi connectivity index (χ2v) is 6.63. The number of carbonyl (C=O) groups is 2. The van der Waals surface area contributed by atoms with Crippen LogP contribution in [0.15, 0.2) is 72.8 Å². The minimum absolute atomic E-state index is 0.206. The van der Waals surface area contributed by atoms with Crippen LogP contribution >= 0.6 is 0 Å². The van der Waals surface area contributed by atoms with Crippen LogP contribution in [0.1, 0.15) is 32.4 Å². The van der Waals surface area contributed by atoms with Gasteiger partial charge in [0, 0.05) is 11.1 Å². The summed E-state index contributed by atoms with van der Waals surface area (Å²) >= 11 is 0. The standard InChI is InChI=1S/C24H20O6/c1-27-19-14-18(15-20-23(19)29-13-12-28-20)24(26)30-22(17-10-6-3-7-11-17)21(25)16-8-4-2-5-9-16/h2-11,14-15,22H,12-13H2,1H3/t22-/m0/s1. The first-order chi connectivity index (χ1) is 14.7. The molecule has 0 N–H and O–H groups in total. The lowest BCUT2D eigenvalue weighted by Gasteiger charge is -2.22. The molecule has 1 heterocycles. The van der Waals surface area contributed by atoms with Crippen molar-refractivity contribution in [2.75, 3.05) is 20.3 Å². The molecule has 152 valence electrons. The van der Waals surface area contributed by atoms with E-state index in [4.69, 9.17) is 18.9 Å². The molecular weight excluding hydrogens is 384 g/mol. The van der Waals surface area contributed by atoms with Crippen molar-refractivity contribution >= 4 is 11.8 Å². The van der Waals surface area contributed by atoms with E-state index in [-0.39, 0.29) is 11.3 Å². The molecule has 6 nitrogen and oxygen atoms in total. The molecule has 0 saturated heterocycles. The maximum absolute atomic E-state index is 13.1. The summed E-state index contributed by atoms with van der Waals surface area (Å²) in [4.78, 5) is 26.1. The van der Waals surface area contributed by atoms with E-state index in [1.807, 2.05) is 12.1 Å². The number of hydrogen-bond acceptors (Lipinski definition) is 6. The lowest BCUT2D eigenvalue weighted by molar-refractivity contribution is 0.0279. The number of benzene rings is 3. The molecule has 3 aromatic carbocycles. The fourth-order valence-corrected chi connectivity index (χ4v) is 3.22. The summed E-state index contributed by atoms with van der Waals surface area (Å²) in [6.07, 6.45) is -1.08. The molecule has 0 saturated carbocycles. The van der Waals surface area contributed by atoms with Crippen molar-refractivity contribution < 1.29 is 28.5 Å². The smallest absolute Gasteiger partial charge is 0.339 e. The second-order valence-electron chi connectivity index (χ2n) is 6.63. The molecule has 1 aliphatic heterocycles. The molecule has 1 atom stereocenters. The van der Waals surface area contributed by atoms with Crippen LogP contribution in [0.2, 0.25) is 0 Å². The highest BCUT2D eigenvalue weighted by atomic mass is 16.6. The van der Waals surface area contributed by atoms with Gasteiger partial charge in [-0.25, -0.2) is 4.79 Å². The van der Waals surface area contributed by atoms with Gasteiger partial charge in [0.25, 0.3) is 0 Å². The zero-order valence-corrected chi connectivity index (χ0v) is 16.4. The Morgan fingerprint density at radius 3 is 2.23 bits per heavy atom. The van der Waals surface area contributed by atoms with Crippen molar-refractivity contribution in [1.29, 1.82) is 0 Å². The van der Waals surface area contributed by atoms with E-state index in [2.05, 4.69) is 0 Å². The molecule has 0 unspecified atom stereocenters. The first-order valence-corrected chi connectivity index (χ1v) is 9.50. The number of rotatable bonds is 6. The number of fused-ring (bicyclic) bond motifs is 1. The quantitative estimate of drug-likeness (QED) is 0.452. The van der Waals surface area contributed by atoms with Crippen LogP contribution in [0.4, 0.5) is 0 Å². The van der Waals surface area contributed by atoms with Gasteiger partial charge in [-0.05, 0) is 12.1 Å². The van der Waals surface area contributed by atoms with Crippen molar-refractivity contribution in [2.24, 2.45) is 0 Å². The molecule has 0 bridgehead atoms. The minimum atomic E-state index is -1.08. The van der Waals surface area contributed by atoms with Gasteiger partial charge in [-0.3, -0.25) is 4.79 Å². The molecule has 1 aliphatic rings. The predicted molar refractivity (Wildman–Crippen MR) is 109 cm³/mol. The van der Waals surface area contributed by atoms with E-state index >= 15 is 0 Å². The SMILES string of the molecule is COc1cc(C(=O)O[C@H](C(=O)c2ccccc2)c2ccccc2)cc2c1OCCO2. The predicted octanol–water partition coefficient (Wildman–Crippen LogP) is 4.25. The molecule has 6 heteroatoms. The Morgan fingerprint density at radius 1 is 0.867 bits per heavy atom. The topological polar surface area (TPSA) is 71.1 Å². The third-order valence-electron chi connectivity index (χ3n) is 4.69. The third kappa shape index (κ3) is 3.98. The number of ether oxygens (including phenoxy) is 4. The highest BCUT2D eigenvalue weighted by molar-refractivity contribution is 6.02. The third-order valence-corrected chi connectivity index (χ3v) is 4.69. The van der Waals surface area contributed by atoms with Gasteiger partial charge in [0.1, 0.15) is 13.2 Å². The van der Waals surface area contributed by atoms with E-state index in [1.54, 1.807) is 48.5 Å². The van der Waals surface area contributed by atoms with Gasteiger partial charge < -0.3 is 18.9 Å². The largest absolute Gasteiger partial charge is 0.493 e. The van der Waals surface area contributed by atoms with Gasteiger partial charge in [0.2, 0.25) is 11.5 Å². The Labute approximate surface area is 174 Å². The molecule has 0 radical (unpaired) electrons. The summed E-state index contributed by atoms with van der Waals surface area (Å²) in [5.41, 5.74) is 1.25. The Balaban J connectivity index is 1.66. The maximum atomic E-state index is 13.1. The van der Waals surface area contributed by atoms with Gasteiger partial charge >= 0.3 is 5.97 Å². The van der Waals surface area contributed by atoms with Crippen molar-refractivity contribution in [3.8, 4) is 17.2 Å². The lowest BCUT2D eigenvalue weighted by atomic mass is 9.99. The van der Waals surface area contributed by atoms with Gasteiger partial charge in [-0.2, -0.15) is 0 Å². The van der Waals surface area contributed by atoms with Crippen molar-refractivity contribution in [2.45, 2.75) is 6.10 Å². The van der Waals surface area contributed by atoms with E-state index in [9.17, 15) is 9.59 Å². The summed E-state index contributed by atoms with van der Waals surface area (Å²) in [7, 11) is 1.48. The van der Waals surface area contributed by atoms with Crippen molar-refractivity contribution in [3.63, 3.8) is 0 Å². The second kappa shape index (κ2) is 8.69. The van der Waals surface area contributed by atoms with Crippen LogP contribution in [0.5, 0.6) is 17.2 Å². The fourth-order valence-electron chi connectivity index (χ4n) is 3.22. The number of methoxy groups -OCH3 is 1. The summed E-state index contributed by atoms with van der Waals surface area (Å²) in [6, 6.07) is 20.7. The highest BCUT2D eigenvalue weighted by Crippen LogP contribution is 2.40. The van der Waals surface area contributed by atoms with Crippen LogP contribution in [-0.2, 0) is 4.74 Å². The van der Waals surface area contributed by atoms with E-state index in [0.717, 1.165) is 0 Å². The molecule has 3 aromatic rings. The van der Waals surface area contributed by atoms with E-state index in [0.29, 0.717) is 41.6 Å². The normalized spacial score (nSPS) is 13.2. The lowest BCUT2D eigenvalue weighted by Crippen LogP contribution is -2.21. The summed E-state index contributed by atoms with van der Waals surface area (Å²) in [5.74, 6) is 0.242. The van der Waals surface area contributed by atoms with E-state index in [1.165, 1.54) is 19.2 Å². The number of hydrogen-bond donors (Lipinski definition) is 0. The molecule has 0 spiro atoms. The summed E-state index contributed by atoms with van der Waals surface area (Å²) in [5, 5.41) is 0. The Hall–Kier alpha value is -3.80. The van der Waals surface area contributed by atoms with Crippen LogP contribution in [0.3, 0.4) is 0 Å². The molecule has 0 aromatic heterocycles. The monoisotopic (exact) mass is 404 g/mol. The Kier molecular flexibility index (Phi) is 5.66. The van der Waals surface area contributed by atoms with Gasteiger partial charge in [-0.15, -0.1) is 0 Å². The van der Waals surface area contributed by atoms with Crippen molar-refractivity contribution in [1.82, 2.24) is 0 Å². The van der Waals surface area contributed by atoms with Gasteiger partial charge in [0.15, 0.2) is 17.6 Å². The first-order valence-electron chi connectivity index (χ1n) is 9.50. The molecule has 0 aliphatic carbocycles. The van der Waals surface area contributed by atoms with Crippen LogP contribution < -0.4 is 14.2 Å². The van der Waals surface area contributed by atoms with Crippen LogP contribution in [0, 0.1) is 0 Å². The maximum Gasteiger partial charge on any atom is 0.339 e. The Morgan fingerprint density at radius 2 is 1.53 bits per heavy atom. The minimum Gasteiger partial charge on any atom is -0.493 e. The zero-order chi connectivity index (χ0) is 20.9. The summed E-state index contributed by atoms with van der Waals surface area (Å²) < 4.78 is 22.2. The number of esters is 1. The number of carbonyl (C=O) groups excluding carboxylic acids is 2. The Bertz CT molecular complexity index is 1030. The molecule has 30 heavy (non-hydrogen) atoms. The average Bonchev–Trinajstić information content (AvgIpc) is 2.82. The molecule has 4 rings (SSSR count). The highest BCUT2D eigenvalue weighted by Gasteiger charge is 2.28. The average molecular weight is 404 g/mol. The van der Waals surface area contributed by atoms with E-state index < -0.39 is 12.1 Å². The van der Waals surface area contributed by atoms with Crippen LogP contribution in [0.25, 0.3) is 0 Å². The summed E-state index contributed by atoms with van der Waals surface area (Å²) in [6.45, 7) is 0.766. The molecular formula is C24H20O6. The zero-order valence-electron chi connectivity index (χ0n) is 16.4. The van der Waals surface area contributed by atoms with Crippen molar-refractivity contribution in [3.05, 3.63) is 89.5 Å². The fraction of sp³-hybridized carbons (Fsp3) is 0.167.